The Kier molecular flexibility index (Phi) is 2.82. The molecule has 0 radical (unpaired) electrons. The molecule has 3 heteroatoms. The molecule has 0 aliphatic carbocycles. The van der Waals surface area contributed by atoms with Crippen molar-refractivity contribution < 1.29 is 4.79 Å². The SMILES string of the molecule is C[C@@H](N)NC(=O)c1ccccc1. The van der Waals surface area contributed by atoms with Crippen LogP contribution in [0.25, 0.3) is 0 Å². The highest BCUT2D eigenvalue weighted by Gasteiger charge is 2.04. The number of nitrogens with two attached hydrogens (primary N) is 1. The second kappa shape index (κ2) is 3.88. The molecule has 0 saturated heterocycles. The van der Waals surface area contributed by atoms with Crippen LogP contribution in [0.4, 0.5) is 0 Å². The number of hydrogen-bond donors (Lipinski definition) is 2. The maximum atomic E-state index is 11.3. The largest absolute Gasteiger partial charge is 0.337 e. The minimum atomic E-state index is -0.308. The quantitative estimate of drug-likeness (QED) is 0.633. The van der Waals surface area contributed by atoms with Gasteiger partial charge in [0.1, 0.15) is 0 Å². The molecule has 1 atom stereocenters. The van der Waals surface area contributed by atoms with Crippen LogP contribution in [0.5, 0.6) is 0 Å². The lowest BCUT2D eigenvalue weighted by molar-refractivity contribution is 0.0941. The predicted octanol–water partition coefficient (Wildman–Crippen LogP) is 0.721. The summed E-state index contributed by atoms with van der Waals surface area (Å²) in [7, 11) is 0. The third-order valence-electron chi connectivity index (χ3n) is 1.39. The second-order valence-electron chi connectivity index (χ2n) is 2.63. The van der Waals surface area contributed by atoms with Gasteiger partial charge in [-0.2, -0.15) is 0 Å². The topological polar surface area (TPSA) is 55.1 Å². The van der Waals surface area contributed by atoms with E-state index in [-0.39, 0.29) is 12.1 Å². The van der Waals surface area contributed by atoms with Gasteiger partial charge in [-0.05, 0) is 19.1 Å². The zero-order chi connectivity index (χ0) is 8.97. The fraction of sp³-hybridized carbons (Fsp3) is 0.222. The van der Waals surface area contributed by atoms with Crippen LogP contribution in [0.3, 0.4) is 0 Å². The molecule has 0 aliphatic heterocycles. The van der Waals surface area contributed by atoms with E-state index >= 15 is 0 Å². The molecule has 1 aromatic carbocycles. The molecule has 0 aromatic heterocycles. The van der Waals surface area contributed by atoms with Crippen molar-refractivity contribution in [3.8, 4) is 0 Å². The highest BCUT2D eigenvalue weighted by Crippen LogP contribution is 1.97. The lowest BCUT2D eigenvalue weighted by atomic mass is 10.2. The summed E-state index contributed by atoms with van der Waals surface area (Å²) in [5.74, 6) is -0.134. The summed E-state index contributed by atoms with van der Waals surface area (Å²) in [4.78, 5) is 11.3. The fourth-order valence-corrected chi connectivity index (χ4v) is 0.880. The molecule has 0 aliphatic rings. The first kappa shape index (κ1) is 8.74. The van der Waals surface area contributed by atoms with Crippen molar-refractivity contribution in [1.29, 1.82) is 0 Å². The number of rotatable bonds is 2. The number of amides is 1. The standard InChI is InChI=1S/C9H12N2O/c1-7(10)11-9(12)8-5-3-2-4-6-8/h2-7H,10H2,1H3,(H,11,12)/t7-/m0/s1. The average molecular weight is 164 g/mol. The summed E-state index contributed by atoms with van der Waals surface area (Å²) in [5.41, 5.74) is 6.03. The van der Waals surface area contributed by atoms with Gasteiger partial charge in [-0.25, -0.2) is 0 Å². The zero-order valence-electron chi connectivity index (χ0n) is 6.95. The fourth-order valence-electron chi connectivity index (χ4n) is 0.880. The van der Waals surface area contributed by atoms with Gasteiger partial charge in [0.15, 0.2) is 0 Å². The summed E-state index contributed by atoms with van der Waals surface area (Å²) in [5, 5.41) is 2.60. The molecule has 3 N–H and O–H groups in total. The van der Waals surface area contributed by atoms with E-state index in [1.807, 2.05) is 18.2 Å². The Labute approximate surface area is 71.6 Å². The van der Waals surface area contributed by atoms with Crippen LogP contribution in [0.15, 0.2) is 30.3 Å². The van der Waals surface area contributed by atoms with Crippen LogP contribution in [-0.4, -0.2) is 12.1 Å². The Morgan fingerprint density at radius 1 is 1.42 bits per heavy atom. The van der Waals surface area contributed by atoms with Gasteiger partial charge in [-0.3, -0.25) is 4.79 Å². The van der Waals surface area contributed by atoms with E-state index in [1.54, 1.807) is 19.1 Å². The van der Waals surface area contributed by atoms with E-state index < -0.39 is 0 Å². The smallest absolute Gasteiger partial charge is 0.252 e. The minimum Gasteiger partial charge on any atom is -0.337 e. The molecule has 0 bridgehead atoms. The molecule has 1 amide bonds. The van der Waals surface area contributed by atoms with Crippen molar-refractivity contribution >= 4 is 5.91 Å². The molecule has 1 rings (SSSR count). The molecule has 0 unspecified atom stereocenters. The number of benzene rings is 1. The molecule has 0 saturated carbocycles. The number of hydrogen-bond acceptors (Lipinski definition) is 2. The van der Waals surface area contributed by atoms with Crippen LogP contribution in [-0.2, 0) is 0 Å². The summed E-state index contributed by atoms with van der Waals surface area (Å²) in [6.45, 7) is 1.72. The molecule has 64 valence electrons. The molecule has 0 fully saturated rings. The van der Waals surface area contributed by atoms with Crippen LogP contribution in [0.2, 0.25) is 0 Å². The molecule has 0 spiro atoms. The number of carbonyl (C=O) groups excluding carboxylic acids is 1. The highest BCUT2D eigenvalue weighted by atomic mass is 16.1. The summed E-state index contributed by atoms with van der Waals surface area (Å²) < 4.78 is 0. The van der Waals surface area contributed by atoms with Crippen molar-refractivity contribution in [2.24, 2.45) is 5.73 Å². The molecule has 12 heavy (non-hydrogen) atoms. The first-order valence-electron chi connectivity index (χ1n) is 3.81. The molecule has 0 heterocycles. The predicted molar refractivity (Wildman–Crippen MR) is 47.6 cm³/mol. The normalized spacial score (nSPS) is 12.2. The Balaban J connectivity index is 2.66. The molecule has 3 nitrogen and oxygen atoms in total. The lowest BCUT2D eigenvalue weighted by Crippen LogP contribution is -2.38. The second-order valence-corrected chi connectivity index (χ2v) is 2.63. The van der Waals surface area contributed by atoms with Crippen molar-refractivity contribution in [3.63, 3.8) is 0 Å². The van der Waals surface area contributed by atoms with E-state index in [2.05, 4.69) is 5.32 Å². The number of nitrogens with one attached hydrogen (secondary N) is 1. The van der Waals surface area contributed by atoms with Crippen molar-refractivity contribution in [3.05, 3.63) is 35.9 Å². The monoisotopic (exact) mass is 164 g/mol. The highest BCUT2D eigenvalue weighted by molar-refractivity contribution is 5.94. The van der Waals surface area contributed by atoms with E-state index in [1.165, 1.54) is 0 Å². The van der Waals surface area contributed by atoms with Gasteiger partial charge < -0.3 is 11.1 Å². The van der Waals surface area contributed by atoms with Crippen LogP contribution in [0, 0.1) is 0 Å². The maximum absolute atomic E-state index is 11.3. The van der Waals surface area contributed by atoms with Gasteiger partial charge in [0.25, 0.3) is 5.91 Å². The third kappa shape index (κ3) is 2.36. The maximum Gasteiger partial charge on any atom is 0.252 e. The Morgan fingerprint density at radius 2 is 2.00 bits per heavy atom. The zero-order valence-corrected chi connectivity index (χ0v) is 6.95. The van der Waals surface area contributed by atoms with Crippen LogP contribution >= 0.6 is 0 Å². The van der Waals surface area contributed by atoms with E-state index in [0.29, 0.717) is 5.56 Å². The van der Waals surface area contributed by atoms with Gasteiger partial charge in [-0.1, -0.05) is 18.2 Å². The Bertz CT molecular complexity index is 256. The van der Waals surface area contributed by atoms with Gasteiger partial charge in [0.05, 0.1) is 6.17 Å². The first-order chi connectivity index (χ1) is 5.70. The van der Waals surface area contributed by atoms with Crippen molar-refractivity contribution in [1.82, 2.24) is 5.32 Å². The van der Waals surface area contributed by atoms with Crippen LogP contribution in [0.1, 0.15) is 17.3 Å². The van der Waals surface area contributed by atoms with E-state index in [0.717, 1.165) is 0 Å². The average Bonchev–Trinajstić information content (AvgIpc) is 2.05. The van der Waals surface area contributed by atoms with Gasteiger partial charge in [0.2, 0.25) is 0 Å². The molecular formula is C9H12N2O. The minimum absolute atomic E-state index is 0.134. The van der Waals surface area contributed by atoms with Gasteiger partial charge in [-0.15, -0.1) is 0 Å². The number of carbonyl (C=O) groups is 1. The molecular weight excluding hydrogens is 152 g/mol. The molecule has 1 aromatic rings. The summed E-state index contributed by atoms with van der Waals surface area (Å²) in [6.07, 6.45) is -0.308. The first-order valence-corrected chi connectivity index (χ1v) is 3.81. The van der Waals surface area contributed by atoms with E-state index in [4.69, 9.17) is 5.73 Å². The lowest BCUT2D eigenvalue weighted by Gasteiger charge is -2.07. The van der Waals surface area contributed by atoms with Crippen molar-refractivity contribution in [2.45, 2.75) is 13.1 Å². The Morgan fingerprint density at radius 3 is 2.50 bits per heavy atom. The third-order valence-corrected chi connectivity index (χ3v) is 1.39. The van der Waals surface area contributed by atoms with Gasteiger partial charge in [0, 0.05) is 5.56 Å². The van der Waals surface area contributed by atoms with Crippen molar-refractivity contribution in [2.75, 3.05) is 0 Å². The van der Waals surface area contributed by atoms with Crippen LogP contribution < -0.4 is 11.1 Å². The summed E-state index contributed by atoms with van der Waals surface area (Å²) in [6, 6.07) is 8.99. The Hall–Kier alpha value is -1.35. The van der Waals surface area contributed by atoms with E-state index in [9.17, 15) is 4.79 Å². The summed E-state index contributed by atoms with van der Waals surface area (Å²) >= 11 is 0. The van der Waals surface area contributed by atoms with Gasteiger partial charge >= 0.3 is 0 Å².